The minimum atomic E-state index is -0.545. The Morgan fingerprint density at radius 2 is 2.32 bits per heavy atom. The molecule has 3 heterocycles. The normalized spacial score (nSPS) is 20.0. The second-order valence-electron chi connectivity index (χ2n) is 5.56. The first kappa shape index (κ1) is 14.8. The van der Waals surface area contributed by atoms with Gasteiger partial charge in [-0.3, -0.25) is 14.4 Å². The van der Waals surface area contributed by atoms with Crippen LogP contribution in [0.1, 0.15) is 5.56 Å². The molecular formula is C15H20N4O3. The molecule has 2 aromatic heterocycles. The molecule has 3 rings (SSSR count). The molecule has 1 aliphatic rings. The number of hydrogen-bond donors (Lipinski definition) is 1. The van der Waals surface area contributed by atoms with Gasteiger partial charge in [0.1, 0.15) is 6.54 Å². The second-order valence-corrected chi connectivity index (χ2v) is 5.56. The Labute approximate surface area is 128 Å². The molecule has 7 heteroatoms. The Balaban J connectivity index is 1.57. The van der Waals surface area contributed by atoms with Crippen LogP contribution in [-0.2, 0) is 17.9 Å². The number of amides is 1. The van der Waals surface area contributed by atoms with Crippen LogP contribution in [0.3, 0.4) is 0 Å². The number of β-amino-alcohol motifs (C(OH)–C–C–N with tert-alkyl or cyclic N) is 1. The van der Waals surface area contributed by atoms with Crippen LogP contribution in [0.4, 0.5) is 0 Å². The third kappa shape index (κ3) is 3.75. The highest BCUT2D eigenvalue weighted by Crippen LogP contribution is 2.10. The molecule has 22 heavy (non-hydrogen) atoms. The summed E-state index contributed by atoms with van der Waals surface area (Å²) in [6.45, 7) is 3.18. The molecule has 118 valence electrons. The fourth-order valence-electron chi connectivity index (χ4n) is 2.70. The lowest BCUT2D eigenvalue weighted by Crippen LogP contribution is -2.39. The lowest BCUT2D eigenvalue weighted by Gasteiger charge is -2.21. The highest BCUT2D eigenvalue weighted by Gasteiger charge is 2.24. The van der Waals surface area contributed by atoms with E-state index in [0.29, 0.717) is 19.6 Å². The average molecular weight is 304 g/mol. The van der Waals surface area contributed by atoms with Gasteiger partial charge in [-0.15, -0.1) is 0 Å². The van der Waals surface area contributed by atoms with Crippen molar-refractivity contribution in [1.29, 1.82) is 0 Å². The van der Waals surface area contributed by atoms with E-state index in [-0.39, 0.29) is 12.5 Å². The fraction of sp³-hybridized carbons (Fsp3) is 0.467. The maximum Gasteiger partial charge on any atom is 0.244 e. The van der Waals surface area contributed by atoms with E-state index in [0.717, 1.165) is 18.7 Å². The van der Waals surface area contributed by atoms with Gasteiger partial charge in [-0.05, 0) is 12.1 Å². The van der Waals surface area contributed by atoms with Gasteiger partial charge < -0.3 is 14.4 Å². The van der Waals surface area contributed by atoms with Gasteiger partial charge in [0.05, 0.1) is 18.6 Å². The zero-order valence-electron chi connectivity index (χ0n) is 12.3. The van der Waals surface area contributed by atoms with E-state index in [2.05, 4.69) is 10.00 Å². The number of furan rings is 1. The molecule has 2 aromatic rings. The number of nitrogens with zero attached hydrogens (tertiary/aromatic N) is 4. The number of aliphatic hydroxyl groups is 1. The highest BCUT2D eigenvalue weighted by atomic mass is 16.3. The molecule has 1 saturated heterocycles. The van der Waals surface area contributed by atoms with E-state index in [1.807, 2.05) is 6.07 Å². The van der Waals surface area contributed by atoms with E-state index in [1.54, 1.807) is 40.6 Å². The molecule has 1 aliphatic heterocycles. The Morgan fingerprint density at radius 1 is 1.41 bits per heavy atom. The summed E-state index contributed by atoms with van der Waals surface area (Å²) < 4.78 is 6.67. The summed E-state index contributed by atoms with van der Waals surface area (Å²) in [5.41, 5.74) is 1.07. The van der Waals surface area contributed by atoms with Crippen molar-refractivity contribution < 1.29 is 14.3 Å². The monoisotopic (exact) mass is 304 g/mol. The van der Waals surface area contributed by atoms with Crippen molar-refractivity contribution in [2.75, 3.05) is 26.2 Å². The van der Waals surface area contributed by atoms with E-state index in [1.165, 1.54) is 0 Å². The summed E-state index contributed by atoms with van der Waals surface area (Å²) in [5.74, 6) is -0.0205. The van der Waals surface area contributed by atoms with Crippen molar-refractivity contribution in [3.05, 3.63) is 42.6 Å². The smallest absolute Gasteiger partial charge is 0.244 e. The van der Waals surface area contributed by atoms with E-state index >= 15 is 0 Å². The Hall–Kier alpha value is -2.12. The molecule has 7 nitrogen and oxygen atoms in total. The summed E-state index contributed by atoms with van der Waals surface area (Å²) >= 11 is 0. The molecule has 0 saturated carbocycles. The van der Waals surface area contributed by atoms with Gasteiger partial charge in [-0.1, -0.05) is 0 Å². The van der Waals surface area contributed by atoms with Crippen molar-refractivity contribution in [3.8, 4) is 0 Å². The zero-order chi connectivity index (χ0) is 15.4. The quantitative estimate of drug-likeness (QED) is 0.872. The van der Waals surface area contributed by atoms with Crippen molar-refractivity contribution >= 4 is 5.91 Å². The highest BCUT2D eigenvalue weighted by molar-refractivity contribution is 5.76. The molecule has 0 aromatic carbocycles. The van der Waals surface area contributed by atoms with Crippen molar-refractivity contribution in [2.24, 2.45) is 0 Å². The van der Waals surface area contributed by atoms with Gasteiger partial charge in [0.25, 0.3) is 0 Å². The number of aliphatic hydroxyl groups excluding tert-OH is 1. The Kier molecular flexibility index (Phi) is 4.55. The largest absolute Gasteiger partial charge is 0.472 e. The summed E-state index contributed by atoms with van der Waals surface area (Å²) in [6.07, 6.45) is 6.21. The lowest BCUT2D eigenvalue weighted by atomic mass is 10.3. The van der Waals surface area contributed by atoms with Crippen LogP contribution in [0.5, 0.6) is 0 Å². The Bertz CT molecular complexity index is 582. The lowest BCUT2D eigenvalue weighted by molar-refractivity contribution is -0.132. The minimum Gasteiger partial charge on any atom is -0.472 e. The molecule has 0 aliphatic carbocycles. The predicted octanol–water partition coefficient (Wildman–Crippen LogP) is 0.181. The van der Waals surface area contributed by atoms with Crippen LogP contribution < -0.4 is 0 Å². The molecule has 0 bridgehead atoms. The van der Waals surface area contributed by atoms with Crippen LogP contribution in [0, 0.1) is 0 Å². The molecule has 1 N–H and O–H groups in total. The second kappa shape index (κ2) is 6.76. The van der Waals surface area contributed by atoms with Crippen LogP contribution in [0.25, 0.3) is 0 Å². The number of carbonyl (C=O) groups excluding carboxylic acids is 1. The average Bonchev–Trinajstić information content (AvgIpc) is 3.13. The number of aromatic nitrogens is 2. The first-order valence-electron chi connectivity index (χ1n) is 7.37. The SMILES string of the molecule is O=C(Cn1cccn1)N1CCN(Cc2ccoc2)C[C@@H](O)C1. The number of hydrogen-bond acceptors (Lipinski definition) is 5. The van der Waals surface area contributed by atoms with Crippen molar-refractivity contribution in [3.63, 3.8) is 0 Å². The summed E-state index contributed by atoms with van der Waals surface area (Å²) in [7, 11) is 0. The van der Waals surface area contributed by atoms with Crippen molar-refractivity contribution in [1.82, 2.24) is 19.6 Å². The van der Waals surface area contributed by atoms with Gasteiger partial charge in [0.15, 0.2) is 0 Å². The van der Waals surface area contributed by atoms with Gasteiger partial charge >= 0.3 is 0 Å². The van der Waals surface area contributed by atoms with E-state index < -0.39 is 6.10 Å². The predicted molar refractivity (Wildman–Crippen MR) is 78.8 cm³/mol. The standard InChI is InChI=1S/C15H20N4O3/c20-14-9-17(8-13-2-7-22-12-13)5-6-18(10-14)15(21)11-19-4-1-3-16-19/h1-4,7,12,14,20H,5-6,8-11H2/t14-/m1/s1. The zero-order valence-corrected chi connectivity index (χ0v) is 12.3. The summed E-state index contributed by atoms with van der Waals surface area (Å²) in [5, 5.41) is 14.2. The van der Waals surface area contributed by atoms with Crippen molar-refractivity contribution in [2.45, 2.75) is 19.2 Å². The topological polar surface area (TPSA) is 74.7 Å². The maximum atomic E-state index is 12.3. The van der Waals surface area contributed by atoms with E-state index in [9.17, 15) is 9.90 Å². The van der Waals surface area contributed by atoms with Crippen LogP contribution >= 0.6 is 0 Å². The number of carbonyl (C=O) groups is 1. The minimum absolute atomic E-state index is 0.0205. The first-order valence-corrected chi connectivity index (χ1v) is 7.37. The molecule has 0 radical (unpaired) electrons. The van der Waals surface area contributed by atoms with Gasteiger partial charge in [-0.25, -0.2) is 0 Å². The third-order valence-electron chi connectivity index (χ3n) is 3.78. The van der Waals surface area contributed by atoms with Crippen LogP contribution in [-0.4, -0.2) is 62.9 Å². The molecule has 0 unspecified atom stereocenters. The van der Waals surface area contributed by atoms with Crippen LogP contribution in [0.15, 0.2) is 41.5 Å². The van der Waals surface area contributed by atoms with Gasteiger partial charge in [-0.2, -0.15) is 5.10 Å². The fourth-order valence-corrected chi connectivity index (χ4v) is 2.70. The number of rotatable bonds is 4. The Morgan fingerprint density at radius 3 is 3.05 bits per heavy atom. The molecule has 1 fully saturated rings. The molecular weight excluding hydrogens is 284 g/mol. The molecule has 1 atom stereocenters. The van der Waals surface area contributed by atoms with Crippen LogP contribution in [0.2, 0.25) is 0 Å². The van der Waals surface area contributed by atoms with E-state index in [4.69, 9.17) is 4.42 Å². The van der Waals surface area contributed by atoms with Gasteiger partial charge in [0.2, 0.25) is 5.91 Å². The summed E-state index contributed by atoms with van der Waals surface area (Å²) in [4.78, 5) is 16.2. The summed E-state index contributed by atoms with van der Waals surface area (Å²) in [6, 6.07) is 3.70. The molecule has 0 spiro atoms. The van der Waals surface area contributed by atoms with Gasteiger partial charge in [0, 0.05) is 50.7 Å². The molecule has 1 amide bonds. The maximum absolute atomic E-state index is 12.3. The first-order chi connectivity index (χ1) is 10.7. The third-order valence-corrected chi connectivity index (χ3v) is 3.78.